The number of nitrogens with one attached hydrogen (secondary N) is 1. The zero-order valence-corrected chi connectivity index (χ0v) is 18.7. The van der Waals surface area contributed by atoms with Gasteiger partial charge in [0.05, 0.1) is 10.6 Å². The number of amides is 1. The van der Waals surface area contributed by atoms with Crippen LogP contribution in [0.15, 0.2) is 51.8 Å². The third-order valence-corrected chi connectivity index (χ3v) is 7.46. The van der Waals surface area contributed by atoms with Crippen molar-refractivity contribution in [1.82, 2.24) is 4.31 Å². The van der Waals surface area contributed by atoms with Gasteiger partial charge in [0.25, 0.3) is 5.91 Å². The lowest BCUT2D eigenvalue weighted by atomic mass is 9.94. The summed E-state index contributed by atoms with van der Waals surface area (Å²) in [4.78, 5) is 12.7. The minimum Gasteiger partial charge on any atom is -0.321 e. The van der Waals surface area contributed by atoms with Crippen LogP contribution in [-0.4, -0.2) is 31.7 Å². The normalized spacial score (nSPS) is 20.7. The molecule has 0 aromatic heterocycles. The van der Waals surface area contributed by atoms with Crippen molar-refractivity contribution in [2.24, 2.45) is 11.8 Å². The van der Waals surface area contributed by atoms with Gasteiger partial charge in [-0.2, -0.15) is 4.31 Å². The Labute approximate surface area is 175 Å². The Kier molecular flexibility index (Phi) is 6.27. The number of carbonyl (C=O) groups is 1. The molecule has 5 nitrogen and oxygen atoms in total. The topological polar surface area (TPSA) is 66.5 Å². The van der Waals surface area contributed by atoms with E-state index < -0.39 is 10.0 Å². The Morgan fingerprint density at radius 1 is 1.07 bits per heavy atom. The van der Waals surface area contributed by atoms with Crippen LogP contribution in [0.4, 0.5) is 5.69 Å². The summed E-state index contributed by atoms with van der Waals surface area (Å²) in [5.41, 5.74) is 2.16. The maximum absolute atomic E-state index is 12.9. The van der Waals surface area contributed by atoms with E-state index in [1.54, 1.807) is 16.4 Å². The molecule has 2 aromatic rings. The van der Waals surface area contributed by atoms with Gasteiger partial charge in [-0.15, -0.1) is 0 Å². The van der Waals surface area contributed by atoms with E-state index in [1.165, 1.54) is 12.1 Å². The first-order valence-electron chi connectivity index (χ1n) is 9.34. The number of carbonyl (C=O) groups excluding carboxylic acids is 1. The van der Waals surface area contributed by atoms with E-state index in [4.69, 9.17) is 0 Å². The molecule has 150 valence electrons. The zero-order valence-electron chi connectivity index (χ0n) is 16.3. The predicted molar refractivity (Wildman–Crippen MR) is 115 cm³/mol. The molecule has 1 aliphatic heterocycles. The largest absolute Gasteiger partial charge is 0.321 e. The van der Waals surface area contributed by atoms with E-state index in [9.17, 15) is 13.2 Å². The number of sulfonamides is 1. The highest BCUT2D eigenvalue weighted by atomic mass is 79.9. The highest BCUT2D eigenvalue weighted by Crippen LogP contribution is 2.27. The minimum absolute atomic E-state index is 0.224. The second kappa shape index (κ2) is 8.35. The first-order chi connectivity index (χ1) is 13.2. The molecule has 2 aromatic carbocycles. The van der Waals surface area contributed by atoms with E-state index >= 15 is 0 Å². The van der Waals surface area contributed by atoms with Gasteiger partial charge in [-0.3, -0.25) is 4.79 Å². The third-order valence-electron chi connectivity index (χ3n) is 4.96. The van der Waals surface area contributed by atoms with Gasteiger partial charge < -0.3 is 5.32 Å². The molecular weight excluding hydrogens is 440 g/mol. The maximum Gasteiger partial charge on any atom is 0.255 e. The lowest BCUT2D eigenvalue weighted by Gasteiger charge is -2.34. The minimum atomic E-state index is -3.55. The molecule has 1 heterocycles. The van der Waals surface area contributed by atoms with Crippen LogP contribution in [0.25, 0.3) is 0 Å². The molecule has 28 heavy (non-hydrogen) atoms. The Balaban J connectivity index is 1.76. The second-order valence-electron chi connectivity index (χ2n) is 7.73. The molecule has 0 aliphatic carbocycles. The highest BCUT2D eigenvalue weighted by Gasteiger charge is 2.31. The van der Waals surface area contributed by atoms with Crippen LogP contribution >= 0.6 is 15.9 Å². The first kappa shape index (κ1) is 21.0. The van der Waals surface area contributed by atoms with Crippen molar-refractivity contribution >= 4 is 37.5 Å². The molecule has 7 heteroatoms. The maximum atomic E-state index is 12.9. The number of hydrogen-bond donors (Lipinski definition) is 1. The van der Waals surface area contributed by atoms with E-state index in [0.717, 1.165) is 16.5 Å². The van der Waals surface area contributed by atoms with Gasteiger partial charge in [0.15, 0.2) is 0 Å². The summed E-state index contributed by atoms with van der Waals surface area (Å²) in [6.07, 6.45) is 1.04. The molecular formula is C21H25BrN2O3S. The van der Waals surface area contributed by atoms with Gasteiger partial charge >= 0.3 is 0 Å². The molecule has 2 unspecified atom stereocenters. The summed E-state index contributed by atoms with van der Waals surface area (Å²) >= 11 is 3.44. The molecule has 1 saturated heterocycles. The third kappa shape index (κ3) is 4.64. The SMILES string of the molecule is Cc1ccc(NC(=O)c2ccc(S(=O)(=O)N3CC(C)CC(C)C3)cc2)c(Br)c1. The van der Waals surface area contributed by atoms with E-state index in [0.29, 0.717) is 36.2 Å². The van der Waals surface area contributed by atoms with Gasteiger partial charge in [-0.1, -0.05) is 19.9 Å². The summed E-state index contributed by atoms with van der Waals surface area (Å²) in [6, 6.07) is 11.8. The van der Waals surface area contributed by atoms with E-state index in [-0.39, 0.29) is 10.8 Å². The summed E-state index contributed by atoms with van der Waals surface area (Å²) < 4.78 is 28.3. The molecule has 0 bridgehead atoms. The molecule has 2 atom stereocenters. The number of aryl methyl sites for hydroxylation is 1. The van der Waals surface area contributed by atoms with Gasteiger partial charge in [0.1, 0.15) is 0 Å². The average Bonchev–Trinajstić information content (AvgIpc) is 2.63. The van der Waals surface area contributed by atoms with Crippen molar-refractivity contribution in [3.63, 3.8) is 0 Å². The first-order valence-corrected chi connectivity index (χ1v) is 11.6. The predicted octanol–water partition coefficient (Wildman–Crippen LogP) is 4.68. The van der Waals surface area contributed by atoms with Crippen molar-refractivity contribution in [2.75, 3.05) is 18.4 Å². The Morgan fingerprint density at radius 3 is 2.25 bits per heavy atom. The van der Waals surface area contributed by atoms with Crippen LogP contribution in [0.5, 0.6) is 0 Å². The molecule has 1 fully saturated rings. The van der Waals surface area contributed by atoms with Gasteiger partial charge in [0, 0.05) is 23.1 Å². The van der Waals surface area contributed by atoms with Gasteiger partial charge in [-0.05, 0) is 83.1 Å². The summed E-state index contributed by atoms with van der Waals surface area (Å²) in [7, 11) is -3.55. The number of hydrogen-bond acceptors (Lipinski definition) is 3. The molecule has 1 N–H and O–H groups in total. The van der Waals surface area contributed by atoms with E-state index in [1.807, 2.05) is 25.1 Å². The fourth-order valence-corrected chi connectivity index (χ4v) is 5.92. The average molecular weight is 465 g/mol. The fraction of sp³-hybridized carbons (Fsp3) is 0.381. The van der Waals surface area contributed by atoms with Crippen LogP contribution in [-0.2, 0) is 10.0 Å². The molecule has 0 radical (unpaired) electrons. The quantitative estimate of drug-likeness (QED) is 0.714. The molecule has 0 spiro atoms. The lowest BCUT2D eigenvalue weighted by Crippen LogP contribution is -2.42. The number of nitrogens with zero attached hydrogens (tertiary/aromatic N) is 1. The van der Waals surface area contributed by atoms with Crippen LogP contribution in [0, 0.1) is 18.8 Å². The number of anilines is 1. The van der Waals surface area contributed by atoms with Crippen molar-refractivity contribution in [2.45, 2.75) is 32.1 Å². The van der Waals surface area contributed by atoms with Crippen LogP contribution in [0.2, 0.25) is 0 Å². The Hall–Kier alpha value is -1.70. The smallest absolute Gasteiger partial charge is 0.255 e. The zero-order chi connectivity index (χ0) is 20.5. The lowest BCUT2D eigenvalue weighted by molar-refractivity contribution is 0.102. The van der Waals surface area contributed by atoms with Crippen LogP contribution < -0.4 is 5.32 Å². The summed E-state index contributed by atoms with van der Waals surface area (Å²) in [5, 5.41) is 2.84. The molecule has 1 amide bonds. The summed E-state index contributed by atoms with van der Waals surface area (Å²) in [5.74, 6) is 0.404. The molecule has 1 aliphatic rings. The molecule has 0 saturated carbocycles. The van der Waals surface area contributed by atoms with Crippen molar-refractivity contribution in [3.8, 4) is 0 Å². The van der Waals surface area contributed by atoms with Gasteiger partial charge in [-0.25, -0.2) is 8.42 Å². The van der Waals surface area contributed by atoms with Crippen LogP contribution in [0.3, 0.4) is 0 Å². The monoisotopic (exact) mass is 464 g/mol. The number of rotatable bonds is 4. The van der Waals surface area contributed by atoms with Crippen molar-refractivity contribution in [1.29, 1.82) is 0 Å². The van der Waals surface area contributed by atoms with Crippen molar-refractivity contribution in [3.05, 3.63) is 58.1 Å². The Morgan fingerprint density at radius 2 is 1.68 bits per heavy atom. The van der Waals surface area contributed by atoms with E-state index in [2.05, 4.69) is 35.1 Å². The summed E-state index contributed by atoms with van der Waals surface area (Å²) in [6.45, 7) is 7.20. The van der Waals surface area contributed by atoms with Crippen LogP contribution in [0.1, 0.15) is 36.2 Å². The molecule has 3 rings (SSSR count). The fourth-order valence-electron chi connectivity index (χ4n) is 3.65. The number of benzene rings is 2. The Bertz CT molecular complexity index is 964. The van der Waals surface area contributed by atoms with Gasteiger partial charge in [0.2, 0.25) is 10.0 Å². The standard InChI is InChI=1S/C21H25BrN2O3S/c1-14-4-9-20(19(22)11-14)23-21(25)17-5-7-18(8-6-17)28(26,27)24-12-15(2)10-16(3)13-24/h4-9,11,15-16H,10,12-13H2,1-3H3,(H,23,25). The number of halogens is 1. The second-order valence-corrected chi connectivity index (χ2v) is 10.5. The van der Waals surface area contributed by atoms with Crippen molar-refractivity contribution < 1.29 is 13.2 Å². The highest BCUT2D eigenvalue weighted by molar-refractivity contribution is 9.10. The number of piperidine rings is 1.